The lowest BCUT2D eigenvalue weighted by atomic mass is 10.0. The van der Waals surface area contributed by atoms with Crippen molar-refractivity contribution in [2.45, 2.75) is 20.4 Å². The average Bonchev–Trinajstić information content (AvgIpc) is 3.16. The molecule has 0 amide bonds. The number of carbonyl (C=O) groups is 1. The topological polar surface area (TPSA) is 44.8 Å². The van der Waals surface area contributed by atoms with Crippen molar-refractivity contribution in [3.8, 4) is 11.1 Å². The molecule has 1 aliphatic heterocycles. The van der Waals surface area contributed by atoms with Crippen LogP contribution >= 0.6 is 23.6 Å². The van der Waals surface area contributed by atoms with Crippen LogP contribution in [0.5, 0.6) is 0 Å². The minimum atomic E-state index is -0.355. The second kappa shape index (κ2) is 10.5. The van der Waals surface area contributed by atoms with E-state index < -0.39 is 0 Å². The van der Waals surface area contributed by atoms with E-state index in [1.807, 2.05) is 37.3 Å². The number of methoxy groups -OCH3 is 1. The Morgan fingerprint density at radius 2 is 1.70 bits per heavy atom. The van der Waals surface area contributed by atoms with Gasteiger partial charge in [-0.25, -0.2) is 4.79 Å². The summed E-state index contributed by atoms with van der Waals surface area (Å²) in [5.74, 6) is -0.355. The summed E-state index contributed by atoms with van der Waals surface area (Å²) in [5, 5.41) is 4.75. The molecule has 0 saturated carbocycles. The summed E-state index contributed by atoms with van der Waals surface area (Å²) in [6, 6.07) is 18.5. The van der Waals surface area contributed by atoms with Crippen LogP contribution < -0.4 is 5.32 Å². The first kappa shape index (κ1) is 23.4. The zero-order valence-electron chi connectivity index (χ0n) is 19.3. The van der Waals surface area contributed by atoms with Crippen molar-refractivity contribution in [3.63, 3.8) is 0 Å². The lowest BCUT2D eigenvalue weighted by molar-refractivity contribution is 0.0603. The summed E-state index contributed by atoms with van der Waals surface area (Å²) in [5.41, 5.74) is 5.15. The zero-order valence-corrected chi connectivity index (χ0v) is 20.9. The molecule has 33 heavy (non-hydrogen) atoms. The molecule has 1 fully saturated rings. The van der Waals surface area contributed by atoms with E-state index in [4.69, 9.17) is 17.0 Å². The highest BCUT2D eigenvalue weighted by atomic mass is 32.1. The lowest BCUT2D eigenvalue weighted by Gasteiger charge is -2.36. The Morgan fingerprint density at radius 3 is 2.36 bits per heavy atom. The molecule has 0 spiro atoms. The largest absolute Gasteiger partial charge is 0.465 e. The highest BCUT2D eigenvalue weighted by Gasteiger charge is 2.26. The molecule has 1 saturated heterocycles. The number of nitrogens with zero attached hydrogens (tertiary/aromatic N) is 2. The molecule has 0 unspecified atom stereocenters. The minimum absolute atomic E-state index is 0.355. The van der Waals surface area contributed by atoms with Crippen molar-refractivity contribution in [1.82, 2.24) is 9.80 Å². The van der Waals surface area contributed by atoms with Gasteiger partial charge in [0.05, 0.1) is 7.11 Å². The van der Waals surface area contributed by atoms with Crippen LogP contribution in [-0.4, -0.2) is 54.2 Å². The van der Waals surface area contributed by atoms with Crippen LogP contribution in [0.3, 0.4) is 0 Å². The molecule has 172 valence electrons. The molecular weight excluding hydrogens is 450 g/mol. The molecule has 2 heterocycles. The molecule has 0 aliphatic carbocycles. The van der Waals surface area contributed by atoms with Crippen LogP contribution in [0.15, 0.2) is 54.6 Å². The van der Waals surface area contributed by atoms with Crippen LogP contribution in [0.4, 0.5) is 5.00 Å². The maximum atomic E-state index is 12.7. The van der Waals surface area contributed by atoms with Crippen molar-refractivity contribution in [1.29, 1.82) is 0 Å². The second-order valence-corrected chi connectivity index (χ2v) is 9.83. The summed E-state index contributed by atoms with van der Waals surface area (Å²) in [4.78, 5) is 18.4. The molecule has 4 rings (SSSR count). The number of thiophene rings is 1. The van der Waals surface area contributed by atoms with Gasteiger partial charge in [-0.2, -0.15) is 0 Å². The molecular formula is C26H29N3O2S2. The number of nitrogens with one attached hydrogen (secondary N) is 1. The molecule has 1 N–H and O–H groups in total. The van der Waals surface area contributed by atoms with Gasteiger partial charge in [0.2, 0.25) is 0 Å². The van der Waals surface area contributed by atoms with E-state index in [-0.39, 0.29) is 5.97 Å². The third-order valence-electron chi connectivity index (χ3n) is 6.07. The number of carbonyl (C=O) groups excluding carboxylic acids is 1. The highest BCUT2D eigenvalue weighted by Crippen LogP contribution is 2.40. The van der Waals surface area contributed by atoms with Crippen molar-refractivity contribution >= 4 is 39.6 Å². The standard InChI is InChI=1S/C26H29N3O2S2/c1-18-9-7-8-12-21(18)17-28-13-15-29(16-14-28)26(32)27-24-23(25(30)31-3)22(19(2)33-24)20-10-5-4-6-11-20/h4-12H,13-17H2,1-3H3,(H,27,32). The molecule has 7 heteroatoms. The average molecular weight is 480 g/mol. The summed E-state index contributed by atoms with van der Waals surface area (Å²) in [6.45, 7) is 8.73. The molecule has 2 aromatic carbocycles. The number of esters is 1. The highest BCUT2D eigenvalue weighted by molar-refractivity contribution is 7.80. The first-order valence-electron chi connectivity index (χ1n) is 11.1. The number of thiocarbonyl (C=S) groups is 1. The summed E-state index contributed by atoms with van der Waals surface area (Å²) < 4.78 is 5.12. The van der Waals surface area contributed by atoms with E-state index in [1.54, 1.807) is 0 Å². The number of hydrogen-bond donors (Lipinski definition) is 1. The van der Waals surface area contributed by atoms with Crippen molar-refractivity contribution in [2.24, 2.45) is 0 Å². The van der Waals surface area contributed by atoms with Gasteiger partial charge in [0.1, 0.15) is 10.6 Å². The number of rotatable bonds is 5. The van der Waals surface area contributed by atoms with Gasteiger partial charge in [0, 0.05) is 43.2 Å². The Labute approximate surface area is 205 Å². The fourth-order valence-corrected chi connectivity index (χ4v) is 5.61. The van der Waals surface area contributed by atoms with Gasteiger partial charge >= 0.3 is 5.97 Å². The summed E-state index contributed by atoms with van der Waals surface area (Å²) in [7, 11) is 1.42. The Kier molecular flexibility index (Phi) is 7.42. The van der Waals surface area contributed by atoms with Crippen molar-refractivity contribution < 1.29 is 9.53 Å². The molecule has 5 nitrogen and oxygen atoms in total. The van der Waals surface area contributed by atoms with Crippen molar-refractivity contribution in [2.75, 3.05) is 38.6 Å². The van der Waals surface area contributed by atoms with Crippen LogP contribution in [-0.2, 0) is 11.3 Å². The van der Waals surface area contributed by atoms with Gasteiger partial charge in [0.15, 0.2) is 5.11 Å². The first-order chi connectivity index (χ1) is 16.0. The molecule has 3 aromatic rings. The van der Waals surface area contributed by atoms with E-state index >= 15 is 0 Å². The van der Waals surface area contributed by atoms with E-state index in [1.165, 1.54) is 29.6 Å². The van der Waals surface area contributed by atoms with Gasteiger partial charge in [-0.05, 0) is 42.8 Å². The third-order valence-corrected chi connectivity index (χ3v) is 7.45. The minimum Gasteiger partial charge on any atom is -0.465 e. The number of ether oxygens (including phenoxy) is 1. The molecule has 1 aromatic heterocycles. The lowest BCUT2D eigenvalue weighted by Crippen LogP contribution is -2.49. The van der Waals surface area contributed by atoms with E-state index in [0.717, 1.165) is 53.7 Å². The number of aryl methyl sites for hydroxylation is 2. The smallest absolute Gasteiger partial charge is 0.341 e. The van der Waals surface area contributed by atoms with Gasteiger partial charge in [0.25, 0.3) is 0 Å². The number of anilines is 1. The summed E-state index contributed by atoms with van der Waals surface area (Å²) >= 11 is 7.29. The second-order valence-electron chi connectivity index (χ2n) is 8.21. The monoisotopic (exact) mass is 479 g/mol. The Hall–Kier alpha value is -2.74. The van der Waals surface area contributed by atoms with Gasteiger partial charge in [-0.1, -0.05) is 54.6 Å². The van der Waals surface area contributed by atoms with Crippen LogP contribution in [0.1, 0.15) is 26.4 Å². The Morgan fingerprint density at radius 1 is 1.03 bits per heavy atom. The van der Waals surface area contributed by atoms with Gasteiger partial charge in [-0.15, -0.1) is 11.3 Å². The molecule has 0 bridgehead atoms. The number of hydrogen-bond acceptors (Lipinski definition) is 5. The first-order valence-corrected chi connectivity index (χ1v) is 12.3. The van der Waals surface area contributed by atoms with Crippen LogP contribution in [0, 0.1) is 13.8 Å². The Bertz CT molecular complexity index is 1140. The molecule has 0 radical (unpaired) electrons. The van der Waals surface area contributed by atoms with Crippen LogP contribution in [0.2, 0.25) is 0 Å². The van der Waals surface area contributed by atoms with Gasteiger partial charge in [-0.3, -0.25) is 4.90 Å². The van der Waals surface area contributed by atoms with Crippen molar-refractivity contribution in [3.05, 3.63) is 76.2 Å². The zero-order chi connectivity index (χ0) is 23.4. The number of benzene rings is 2. The van der Waals surface area contributed by atoms with Gasteiger partial charge < -0.3 is 15.0 Å². The molecule has 1 aliphatic rings. The SMILES string of the molecule is COC(=O)c1c(NC(=S)N2CCN(Cc3ccccc3C)CC2)sc(C)c1-c1ccccc1. The number of piperazine rings is 1. The van der Waals surface area contributed by atoms with E-state index in [0.29, 0.717) is 10.7 Å². The predicted molar refractivity (Wildman–Crippen MR) is 140 cm³/mol. The Balaban J connectivity index is 1.46. The summed E-state index contributed by atoms with van der Waals surface area (Å²) in [6.07, 6.45) is 0. The third kappa shape index (κ3) is 5.27. The predicted octanol–water partition coefficient (Wildman–Crippen LogP) is 5.33. The normalized spacial score (nSPS) is 14.2. The quantitative estimate of drug-likeness (QED) is 0.394. The fourth-order valence-electron chi connectivity index (χ4n) is 4.20. The van der Waals surface area contributed by atoms with Crippen LogP contribution in [0.25, 0.3) is 11.1 Å². The van der Waals surface area contributed by atoms with E-state index in [2.05, 4.69) is 46.3 Å². The fraction of sp³-hybridized carbons (Fsp3) is 0.308. The maximum absolute atomic E-state index is 12.7. The maximum Gasteiger partial charge on any atom is 0.341 e. The molecule has 0 atom stereocenters. The van der Waals surface area contributed by atoms with E-state index in [9.17, 15) is 4.79 Å².